The lowest BCUT2D eigenvalue weighted by atomic mass is 9.93. The van der Waals surface area contributed by atoms with Crippen LogP contribution in [0.4, 0.5) is 17.3 Å². The summed E-state index contributed by atoms with van der Waals surface area (Å²) in [6.45, 7) is 6.59. The second-order valence-electron chi connectivity index (χ2n) is 10.2. The van der Waals surface area contributed by atoms with Crippen LogP contribution in [0.25, 0.3) is 0 Å². The van der Waals surface area contributed by atoms with E-state index in [0.717, 1.165) is 30.2 Å². The highest BCUT2D eigenvalue weighted by molar-refractivity contribution is 7.97. The number of morpholine rings is 1. The molecule has 5 rings (SSSR count). The van der Waals surface area contributed by atoms with Crippen molar-refractivity contribution in [2.45, 2.75) is 43.6 Å². The summed E-state index contributed by atoms with van der Waals surface area (Å²) in [6, 6.07) is 9.55. The number of anilines is 3. The largest absolute Gasteiger partial charge is 0.493 e. The van der Waals surface area contributed by atoms with Crippen LogP contribution in [-0.2, 0) is 4.74 Å². The molecule has 9 nitrogen and oxygen atoms in total. The molecule has 1 amide bonds. The minimum absolute atomic E-state index is 0.0781. The number of carbonyl (C=O) groups is 1. The predicted octanol–water partition coefficient (Wildman–Crippen LogP) is 3.54. The fourth-order valence-electron chi connectivity index (χ4n) is 5.19. The van der Waals surface area contributed by atoms with Gasteiger partial charge in [0.15, 0.2) is 11.6 Å². The first-order chi connectivity index (χ1) is 18.0. The first kappa shape index (κ1) is 26.1. The third kappa shape index (κ3) is 6.14. The van der Waals surface area contributed by atoms with Crippen molar-refractivity contribution in [3.05, 3.63) is 35.9 Å². The minimum atomic E-state index is -0.180. The van der Waals surface area contributed by atoms with Crippen LogP contribution in [-0.4, -0.2) is 75.1 Å². The lowest BCUT2D eigenvalue weighted by molar-refractivity contribution is 0.0528. The maximum Gasteiger partial charge on any atom is 0.258 e. The molecule has 37 heavy (non-hydrogen) atoms. The quantitative estimate of drug-likeness (QED) is 0.334. The Morgan fingerprint density at radius 3 is 2.70 bits per heavy atom. The van der Waals surface area contributed by atoms with E-state index < -0.39 is 0 Å². The zero-order valence-electron chi connectivity index (χ0n) is 21.7. The van der Waals surface area contributed by atoms with Gasteiger partial charge in [-0.25, -0.2) is 4.98 Å². The molecule has 2 aliphatic heterocycles. The lowest BCUT2D eigenvalue weighted by Gasteiger charge is -2.35. The summed E-state index contributed by atoms with van der Waals surface area (Å²) < 4.78 is 14.4. The Balaban J connectivity index is 1.37. The maximum atomic E-state index is 13.6. The molecular formula is C27H37N5O4S. The standard InChI is InChI=1S/C27H37N5O4S/c1-19-18-32(14-16-36-19)25-23(35-2)5-6-24(29-25)30-26(34)21-4-3-20(37-28-11-15-33)17-22(21)31-12-9-27(7-8-27)10-13-31/h3-6,17,19,28,33H,7-16,18H2,1-2H3,(H,29,30,34)/t19-/m0/s1. The molecule has 200 valence electrons. The fraction of sp³-hybridized carbons (Fsp3) is 0.556. The van der Waals surface area contributed by atoms with Gasteiger partial charge in [0.25, 0.3) is 5.91 Å². The fourth-order valence-corrected chi connectivity index (χ4v) is 5.86. The molecule has 0 bridgehead atoms. The Morgan fingerprint density at radius 2 is 2.00 bits per heavy atom. The number of aliphatic hydroxyl groups is 1. The Hall–Kier alpha value is -2.53. The molecule has 2 saturated heterocycles. The predicted molar refractivity (Wildman–Crippen MR) is 147 cm³/mol. The van der Waals surface area contributed by atoms with Gasteiger partial charge in [-0.2, -0.15) is 0 Å². The van der Waals surface area contributed by atoms with Crippen molar-refractivity contribution in [3.8, 4) is 5.75 Å². The van der Waals surface area contributed by atoms with E-state index >= 15 is 0 Å². The number of hydrogen-bond donors (Lipinski definition) is 3. The van der Waals surface area contributed by atoms with Crippen molar-refractivity contribution < 1.29 is 19.4 Å². The van der Waals surface area contributed by atoms with Gasteiger partial charge >= 0.3 is 0 Å². The smallest absolute Gasteiger partial charge is 0.258 e. The average Bonchev–Trinajstić information content (AvgIpc) is 3.67. The normalized spacial score (nSPS) is 20.7. The first-order valence-electron chi connectivity index (χ1n) is 13.1. The number of hydrogen-bond acceptors (Lipinski definition) is 9. The molecule has 2 aromatic rings. The summed E-state index contributed by atoms with van der Waals surface area (Å²) in [4.78, 5) is 23.8. The van der Waals surface area contributed by atoms with Gasteiger partial charge in [-0.15, -0.1) is 0 Å². The number of methoxy groups -OCH3 is 1. The Labute approximate surface area is 223 Å². The summed E-state index contributed by atoms with van der Waals surface area (Å²) in [7, 11) is 1.63. The molecule has 3 fully saturated rings. The monoisotopic (exact) mass is 527 g/mol. The van der Waals surface area contributed by atoms with Crippen molar-refractivity contribution in [3.63, 3.8) is 0 Å². The van der Waals surface area contributed by atoms with E-state index in [4.69, 9.17) is 19.6 Å². The van der Waals surface area contributed by atoms with Crippen LogP contribution < -0.4 is 24.6 Å². The number of ether oxygens (including phenoxy) is 2. The van der Waals surface area contributed by atoms with E-state index in [2.05, 4.69) is 25.9 Å². The third-order valence-corrected chi connectivity index (χ3v) is 8.42. The molecule has 1 spiro atoms. The summed E-state index contributed by atoms with van der Waals surface area (Å²) in [5, 5.41) is 12.1. The molecular weight excluding hydrogens is 490 g/mol. The molecule has 1 aromatic heterocycles. The van der Waals surface area contributed by atoms with E-state index in [1.807, 2.05) is 25.1 Å². The van der Waals surface area contributed by atoms with Crippen LogP contribution in [0, 0.1) is 5.41 Å². The van der Waals surface area contributed by atoms with Crippen LogP contribution in [0.3, 0.4) is 0 Å². The summed E-state index contributed by atoms with van der Waals surface area (Å²) in [6.07, 6.45) is 5.12. The van der Waals surface area contributed by atoms with Crippen LogP contribution in [0.1, 0.15) is 43.0 Å². The van der Waals surface area contributed by atoms with Crippen LogP contribution >= 0.6 is 11.9 Å². The van der Waals surface area contributed by atoms with Crippen molar-refractivity contribution in [1.82, 2.24) is 9.71 Å². The van der Waals surface area contributed by atoms with E-state index in [1.54, 1.807) is 13.2 Å². The number of pyridine rings is 1. The topological polar surface area (TPSA) is 99.2 Å². The Morgan fingerprint density at radius 1 is 1.19 bits per heavy atom. The number of nitrogens with one attached hydrogen (secondary N) is 2. The maximum absolute atomic E-state index is 13.6. The SMILES string of the molecule is COc1ccc(NC(=O)c2ccc(SNCCO)cc2N2CCC3(CC2)CC3)nc1N1CCO[C@@H](C)C1. The number of nitrogens with zero attached hydrogens (tertiary/aromatic N) is 3. The van der Waals surface area contributed by atoms with E-state index in [1.165, 1.54) is 37.6 Å². The van der Waals surface area contributed by atoms with Gasteiger partial charge in [-0.1, -0.05) is 0 Å². The molecule has 1 aliphatic carbocycles. The van der Waals surface area contributed by atoms with Gasteiger partial charge < -0.3 is 29.7 Å². The molecule has 3 aliphatic rings. The van der Waals surface area contributed by atoms with Gasteiger partial charge in [-0.05, 0) is 80.3 Å². The third-order valence-electron chi connectivity index (χ3n) is 7.58. The molecule has 10 heteroatoms. The van der Waals surface area contributed by atoms with Crippen molar-refractivity contribution >= 4 is 35.2 Å². The van der Waals surface area contributed by atoms with Gasteiger partial charge in [0.05, 0.1) is 37.7 Å². The Bertz CT molecular complexity index is 1100. The highest BCUT2D eigenvalue weighted by Crippen LogP contribution is 2.54. The summed E-state index contributed by atoms with van der Waals surface area (Å²) >= 11 is 1.47. The number of piperidine rings is 1. The molecule has 1 aromatic carbocycles. The number of amides is 1. The second-order valence-corrected chi connectivity index (χ2v) is 11.2. The van der Waals surface area contributed by atoms with Gasteiger partial charge in [0.2, 0.25) is 0 Å². The number of benzene rings is 1. The number of rotatable bonds is 9. The molecule has 3 heterocycles. The van der Waals surface area contributed by atoms with Crippen molar-refractivity contribution in [2.24, 2.45) is 5.41 Å². The van der Waals surface area contributed by atoms with Crippen molar-refractivity contribution in [1.29, 1.82) is 0 Å². The van der Waals surface area contributed by atoms with Crippen molar-refractivity contribution in [2.75, 3.05) is 68.2 Å². The Kier molecular flexibility index (Phi) is 8.09. The van der Waals surface area contributed by atoms with E-state index in [9.17, 15) is 4.79 Å². The molecule has 1 saturated carbocycles. The molecule has 3 N–H and O–H groups in total. The molecule has 0 unspecified atom stereocenters. The highest BCUT2D eigenvalue weighted by atomic mass is 32.2. The second kappa shape index (κ2) is 11.5. The minimum Gasteiger partial charge on any atom is -0.493 e. The summed E-state index contributed by atoms with van der Waals surface area (Å²) in [5.41, 5.74) is 2.13. The lowest BCUT2D eigenvalue weighted by Crippen LogP contribution is -2.41. The molecule has 0 radical (unpaired) electrons. The van der Waals surface area contributed by atoms with E-state index in [-0.39, 0.29) is 18.6 Å². The van der Waals surface area contributed by atoms with Gasteiger partial charge in [-0.3, -0.25) is 9.52 Å². The van der Waals surface area contributed by atoms with Gasteiger partial charge in [0.1, 0.15) is 5.82 Å². The first-order valence-corrected chi connectivity index (χ1v) is 13.9. The average molecular weight is 528 g/mol. The molecule has 1 atom stereocenters. The van der Waals surface area contributed by atoms with Gasteiger partial charge in [0, 0.05) is 37.6 Å². The van der Waals surface area contributed by atoms with Crippen LogP contribution in [0.2, 0.25) is 0 Å². The van der Waals surface area contributed by atoms with Crippen LogP contribution in [0.5, 0.6) is 5.75 Å². The highest BCUT2D eigenvalue weighted by Gasteiger charge is 2.44. The zero-order valence-corrected chi connectivity index (χ0v) is 22.5. The number of aliphatic hydroxyl groups excluding tert-OH is 1. The van der Waals surface area contributed by atoms with E-state index in [0.29, 0.717) is 48.1 Å². The zero-order chi connectivity index (χ0) is 25.8. The van der Waals surface area contributed by atoms with Crippen LogP contribution in [0.15, 0.2) is 35.2 Å². The number of carbonyl (C=O) groups excluding carboxylic acids is 1. The number of aromatic nitrogens is 1. The summed E-state index contributed by atoms with van der Waals surface area (Å²) in [5.74, 6) is 1.69.